The Bertz CT molecular complexity index is 1200. The number of carbonyl (C=O) groups excluding carboxylic acids is 1. The Labute approximate surface area is 191 Å². The summed E-state index contributed by atoms with van der Waals surface area (Å²) in [6.45, 7) is 0. The summed E-state index contributed by atoms with van der Waals surface area (Å²) in [4.78, 5) is 16.9. The van der Waals surface area contributed by atoms with E-state index >= 15 is 0 Å². The Kier molecular flexibility index (Phi) is 6.37. The van der Waals surface area contributed by atoms with Gasteiger partial charge in [0.1, 0.15) is 17.4 Å². The van der Waals surface area contributed by atoms with E-state index in [4.69, 9.17) is 4.74 Å². The van der Waals surface area contributed by atoms with E-state index in [1.165, 1.54) is 37.4 Å². The fraction of sp³-hybridized carbons (Fsp3) is 0.200. The van der Waals surface area contributed by atoms with Gasteiger partial charge < -0.3 is 9.47 Å². The van der Waals surface area contributed by atoms with E-state index in [0.29, 0.717) is 16.7 Å². The highest BCUT2D eigenvalue weighted by atomic mass is 19.4. The van der Waals surface area contributed by atoms with Crippen molar-refractivity contribution in [2.45, 2.75) is 18.8 Å². The number of benzene rings is 3. The number of carbonyl (C=O) groups is 1. The fourth-order valence-corrected chi connectivity index (χ4v) is 3.96. The molecule has 34 heavy (non-hydrogen) atoms. The summed E-state index contributed by atoms with van der Waals surface area (Å²) in [6, 6.07) is 15.0. The molecule has 1 aliphatic rings. The molecule has 3 aromatic rings. The van der Waals surface area contributed by atoms with Crippen molar-refractivity contribution in [2.75, 3.05) is 7.11 Å². The van der Waals surface area contributed by atoms with E-state index in [1.807, 2.05) is 0 Å². The molecule has 3 aromatic carbocycles. The van der Waals surface area contributed by atoms with Crippen LogP contribution in [0.3, 0.4) is 0 Å². The Morgan fingerprint density at radius 3 is 2.00 bits per heavy atom. The first-order valence-corrected chi connectivity index (χ1v) is 10.2. The summed E-state index contributed by atoms with van der Waals surface area (Å²) < 4.78 is 74.4. The van der Waals surface area contributed by atoms with E-state index in [1.54, 1.807) is 24.3 Å². The molecule has 0 unspecified atom stereocenters. The van der Waals surface area contributed by atoms with Crippen LogP contribution in [0.4, 0.5) is 22.0 Å². The molecule has 1 heterocycles. The summed E-state index contributed by atoms with van der Waals surface area (Å²) in [5, 5.41) is 0. The highest BCUT2D eigenvalue weighted by Gasteiger charge is 2.38. The molecular formula is C25H18F5NO3. The lowest BCUT2D eigenvalue weighted by atomic mass is 9.90. The fourth-order valence-electron chi connectivity index (χ4n) is 3.96. The lowest BCUT2D eigenvalue weighted by Crippen LogP contribution is -2.20. The normalized spacial score (nSPS) is 17.9. The molecule has 0 amide bonds. The first-order chi connectivity index (χ1) is 16.2. The zero-order chi connectivity index (χ0) is 24.5. The molecule has 0 saturated carbocycles. The number of hydrogen-bond donors (Lipinski definition) is 0. The summed E-state index contributed by atoms with van der Waals surface area (Å²) in [6.07, 6.45) is -4.76. The van der Waals surface area contributed by atoms with Crippen molar-refractivity contribution in [1.82, 2.24) is 0 Å². The molecule has 0 aromatic heterocycles. The van der Waals surface area contributed by atoms with Crippen LogP contribution in [0, 0.1) is 17.6 Å². The van der Waals surface area contributed by atoms with Gasteiger partial charge in [-0.15, -0.1) is 13.2 Å². The van der Waals surface area contributed by atoms with Crippen LogP contribution in [0.25, 0.3) is 11.1 Å². The SMILES string of the molecule is COC(=O)[C@H]1CC(c2c(F)cccc2F)=N[C@H]1c1ccc(-c2ccc(OC(F)(F)F)cc2)cc1. The largest absolute Gasteiger partial charge is 0.573 e. The van der Waals surface area contributed by atoms with Gasteiger partial charge in [0, 0.05) is 12.1 Å². The van der Waals surface area contributed by atoms with Gasteiger partial charge in [-0.05, 0) is 41.0 Å². The van der Waals surface area contributed by atoms with E-state index < -0.39 is 35.9 Å². The Balaban J connectivity index is 1.62. The van der Waals surface area contributed by atoms with E-state index in [2.05, 4.69) is 9.73 Å². The van der Waals surface area contributed by atoms with Crippen LogP contribution < -0.4 is 4.74 Å². The molecule has 0 fully saturated rings. The predicted molar refractivity (Wildman–Crippen MR) is 114 cm³/mol. The Morgan fingerprint density at radius 1 is 0.912 bits per heavy atom. The number of halogens is 5. The van der Waals surface area contributed by atoms with Crippen LogP contribution in [-0.2, 0) is 9.53 Å². The van der Waals surface area contributed by atoms with Crippen LogP contribution in [0.2, 0.25) is 0 Å². The molecule has 4 rings (SSSR count). The van der Waals surface area contributed by atoms with Gasteiger partial charge in [-0.1, -0.05) is 42.5 Å². The molecule has 9 heteroatoms. The third kappa shape index (κ3) is 4.93. The minimum atomic E-state index is -4.77. The maximum absolute atomic E-state index is 14.3. The van der Waals surface area contributed by atoms with Crippen molar-refractivity contribution in [1.29, 1.82) is 0 Å². The molecule has 0 N–H and O–H groups in total. The van der Waals surface area contributed by atoms with E-state index in [-0.39, 0.29) is 23.4 Å². The summed E-state index contributed by atoms with van der Waals surface area (Å²) >= 11 is 0. The van der Waals surface area contributed by atoms with Gasteiger partial charge in [-0.3, -0.25) is 9.79 Å². The zero-order valence-electron chi connectivity index (χ0n) is 17.8. The van der Waals surface area contributed by atoms with Crippen LogP contribution in [0.5, 0.6) is 5.75 Å². The average Bonchev–Trinajstić information content (AvgIpc) is 3.23. The van der Waals surface area contributed by atoms with Crippen molar-refractivity contribution in [3.8, 4) is 16.9 Å². The lowest BCUT2D eigenvalue weighted by molar-refractivity contribution is -0.274. The molecule has 0 saturated heterocycles. The number of nitrogens with zero attached hydrogens (tertiary/aromatic N) is 1. The minimum absolute atomic E-state index is 0.0115. The Hall–Kier alpha value is -3.75. The predicted octanol–water partition coefficient (Wildman–Crippen LogP) is 6.25. The molecule has 2 atom stereocenters. The molecule has 4 nitrogen and oxygen atoms in total. The summed E-state index contributed by atoms with van der Waals surface area (Å²) in [5.41, 5.74) is 1.86. The summed E-state index contributed by atoms with van der Waals surface area (Å²) in [5.74, 6) is -3.18. The van der Waals surface area contributed by atoms with Crippen molar-refractivity contribution < 1.29 is 36.2 Å². The van der Waals surface area contributed by atoms with Gasteiger partial charge in [0.15, 0.2) is 0 Å². The van der Waals surface area contributed by atoms with Crippen molar-refractivity contribution in [3.05, 3.63) is 89.5 Å². The van der Waals surface area contributed by atoms with Gasteiger partial charge in [0.2, 0.25) is 0 Å². The first kappa shape index (κ1) is 23.4. The number of hydrogen-bond acceptors (Lipinski definition) is 4. The highest BCUT2D eigenvalue weighted by Crippen LogP contribution is 2.39. The number of methoxy groups -OCH3 is 1. The number of alkyl halides is 3. The standard InChI is InChI=1S/C25H18F5NO3/c1-33-24(32)18-13-21(22-19(26)3-2-4-20(22)27)31-23(18)16-7-5-14(6-8-16)15-9-11-17(12-10-15)34-25(28,29)30/h2-12,18,23H,13H2,1H3/t18-,23-/m0/s1. The third-order valence-electron chi connectivity index (χ3n) is 5.52. The monoisotopic (exact) mass is 475 g/mol. The van der Waals surface area contributed by atoms with Crippen molar-refractivity contribution in [3.63, 3.8) is 0 Å². The Morgan fingerprint density at radius 2 is 1.47 bits per heavy atom. The minimum Gasteiger partial charge on any atom is -0.469 e. The third-order valence-corrected chi connectivity index (χ3v) is 5.52. The smallest absolute Gasteiger partial charge is 0.469 e. The molecular weight excluding hydrogens is 457 g/mol. The number of aliphatic imine (C=N–C) groups is 1. The maximum atomic E-state index is 14.3. The van der Waals surface area contributed by atoms with Crippen LogP contribution in [0.1, 0.15) is 23.6 Å². The quantitative estimate of drug-likeness (QED) is 0.324. The molecule has 1 aliphatic heterocycles. The van der Waals surface area contributed by atoms with Crippen LogP contribution in [0.15, 0.2) is 71.7 Å². The van der Waals surface area contributed by atoms with E-state index in [0.717, 1.165) is 12.1 Å². The van der Waals surface area contributed by atoms with Gasteiger partial charge in [-0.25, -0.2) is 8.78 Å². The van der Waals surface area contributed by atoms with Gasteiger partial charge >= 0.3 is 12.3 Å². The van der Waals surface area contributed by atoms with Crippen molar-refractivity contribution in [2.24, 2.45) is 10.9 Å². The second kappa shape index (κ2) is 9.24. The van der Waals surface area contributed by atoms with Gasteiger partial charge in [-0.2, -0.15) is 0 Å². The lowest BCUT2D eigenvalue weighted by Gasteiger charge is -2.16. The number of ether oxygens (including phenoxy) is 2. The first-order valence-electron chi connectivity index (χ1n) is 10.2. The molecule has 0 aliphatic carbocycles. The van der Waals surface area contributed by atoms with Crippen LogP contribution in [-0.4, -0.2) is 25.2 Å². The summed E-state index contributed by atoms with van der Waals surface area (Å²) in [7, 11) is 1.23. The van der Waals surface area contributed by atoms with Gasteiger partial charge in [0.25, 0.3) is 0 Å². The molecule has 0 spiro atoms. The molecule has 0 radical (unpaired) electrons. The maximum Gasteiger partial charge on any atom is 0.573 e. The average molecular weight is 475 g/mol. The second-order valence-corrected chi connectivity index (χ2v) is 7.65. The van der Waals surface area contributed by atoms with Crippen molar-refractivity contribution >= 4 is 11.7 Å². The second-order valence-electron chi connectivity index (χ2n) is 7.65. The molecule has 0 bridgehead atoms. The van der Waals surface area contributed by atoms with E-state index in [9.17, 15) is 26.7 Å². The highest BCUT2D eigenvalue weighted by molar-refractivity contribution is 6.04. The number of esters is 1. The topological polar surface area (TPSA) is 47.9 Å². The molecule has 176 valence electrons. The van der Waals surface area contributed by atoms with Gasteiger partial charge in [0.05, 0.1) is 24.6 Å². The zero-order valence-corrected chi connectivity index (χ0v) is 17.8. The van der Waals surface area contributed by atoms with Crippen LogP contribution >= 0.6 is 0 Å². The number of rotatable bonds is 5.